The van der Waals surface area contributed by atoms with Gasteiger partial charge in [-0.25, -0.2) is 0 Å². The Morgan fingerprint density at radius 2 is 2.14 bits per heavy atom. The molecule has 0 aliphatic carbocycles. The van der Waals surface area contributed by atoms with Gasteiger partial charge in [-0.3, -0.25) is 4.79 Å². The lowest BCUT2D eigenvalue weighted by atomic mass is 10.1. The topological polar surface area (TPSA) is 26.3 Å². The van der Waals surface area contributed by atoms with Gasteiger partial charge >= 0.3 is 0 Å². The Kier molecular flexibility index (Phi) is 2.75. The van der Waals surface area contributed by atoms with E-state index in [0.29, 0.717) is 13.0 Å². The molecule has 0 amide bonds. The maximum Gasteiger partial charge on any atom is 0.187 e. The van der Waals surface area contributed by atoms with Gasteiger partial charge in [0, 0.05) is 0 Å². The van der Waals surface area contributed by atoms with Crippen molar-refractivity contribution in [3.8, 4) is 0 Å². The number of benzene rings is 1. The summed E-state index contributed by atoms with van der Waals surface area (Å²) in [5.41, 5.74) is 1.15. The van der Waals surface area contributed by atoms with E-state index >= 15 is 0 Å². The molecule has 0 N–H and O–H groups in total. The van der Waals surface area contributed by atoms with Gasteiger partial charge in [0.2, 0.25) is 0 Å². The molecule has 1 fully saturated rings. The highest BCUT2D eigenvalue weighted by molar-refractivity contribution is 5.88. The predicted molar refractivity (Wildman–Crippen MR) is 54.8 cm³/mol. The van der Waals surface area contributed by atoms with Gasteiger partial charge < -0.3 is 4.74 Å². The zero-order valence-electron chi connectivity index (χ0n) is 7.85. The van der Waals surface area contributed by atoms with E-state index in [4.69, 9.17) is 4.74 Å². The SMILES string of the molecule is O=C1CO[C@H]1C/C=C/c1ccccc1. The summed E-state index contributed by atoms with van der Waals surface area (Å²) in [6.07, 6.45) is 4.50. The third-order valence-electron chi connectivity index (χ3n) is 2.25. The summed E-state index contributed by atoms with van der Waals surface area (Å²) in [7, 11) is 0. The Morgan fingerprint density at radius 3 is 2.71 bits per heavy atom. The van der Waals surface area contributed by atoms with Gasteiger partial charge in [-0.15, -0.1) is 0 Å². The van der Waals surface area contributed by atoms with E-state index in [1.54, 1.807) is 0 Å². The lowest BCUT2D eigenvalue weighted by Crippen LogP contribution is -2.39. The zero-order chi connectivity index (χ0) is 9.80. The quantitative estimate of drug-likeness (QED) is 0.725. The first-order valence-electron chi connectivity index (χ1n) is 4.72. The maximum atomic E-state index is 10.9. The molecule has 0 unspecified atom stereocenters. The van der Waals surface area contributed by atoms with Crippen molar-refractivity contribution in [3.63, 3.8) is 0 Å². The van der Waals surface area contributed by atoms with Crippen LogP contribution in [-0.2, 0) is 9.53 Å². The van der Waals surface area contributed by atoms with Gasteiger partial charge in [0.05, 0.1) is 0 Å². The van der Waals surface area contributed by atoms with E-state index in [1.165, 1.54) is 0 Å². The normalized spacial score (nSPS) is 21.1. The van der Waals surface area contributed by atoms with Crippen LogP contribution in [0.4, 0.5) is 0 Å². The summed E-state index contributed by atoms with van der Waals surface area (Å²) in [6.45, 7) is 0.295. The van der Waals surface area contributed by atoms with E-state index in [9.17, 15) is 4.79 Å². The second-order valence-corrected chi connectivity index (χ2v) is 3.31. The zero-order valence-corrected chi connectivity index (χ0v) is 7.85. The minimum Gasteiger partial charge on any atom is -0.362 e. The number of hydrogen-bond acceptors (Lipinski definition) is 2. The molecule has 1 aliphatic heterocycles. The van der Waals surface area contributed by atoms with Crippen LogP contribution in [0.3, 0.4) is 0 Å². The molecule has 1 aliphatic rings. The first-order valence-corrected chi connectivity index (χ1v) is 4.72. The largest absolute Gasteiger partial charge is 0.362 e. The van der Waals surface area contributed by atoms with Gasteiger partial charge in [0.1, 0.15) is 12.7 Å². The summed E-state index contributed by atoms with van der Waals surface area (Å²) in [5, 5.41) is 0. The molecule has 1 saturated heterocycles. The molecule has 0 spiro atoms. The monoisotopic (exact) mass is 188 g/mol. The number of ketones is 1. The van der Waals surface area contributed by atoms with E-state index < -0.39 is 0 Å². The molecule has 0 bridgehead atoms. The highest BCUT2D eigenvalue weighted by Gasteiger charge is 2.27. The van der Waals surface area contributed by atoms with E-state index in [2.05, 4.69) is 0 Å². The number of Topliss-reactive ketones (excluding diaryl/α,β-unsaturated/α-hetero) is 1. The molecule has 0 aromatic heterocycles. The van der Waals surface area contributed by atoms with Gasteiger partial charge in [0.25, 0.3) is 0 Å². The Hall–Kier alpha value is -1.41. The van der Waals surface area contributed by atoms with Gasteiger partial charge in [-0.2, -0.15) is 0 Å². The molecule has 72 valence electrons. The van der Waals surface area contributed by atoms with Crippen molar-refractivity contribution in [2.75, 3.05) is 6.61 Å². The minimum absolute atomic E-state index is 0.185. The average molecular weight is 188 g/mol. The Morgan fingerprint density at radius 1 is 1.36 bits per heavy atom. The van der Waals surface area contributed by atoms with E-state index in [-0.39, 0.29) is 11.9 Å². The highest BCUT2D eigenvalue weighted by atomic mass is 16.5. The summed E-state index contributed by atoms with van der Waals surface area (Å²) in [6, 6.07) is 10.0. The molecule has 0 saturated carbocycles. The van der Waals surface area contributed by atoms with Crippen molar-refractivity contribution in [3.05, 3.63) is 42.0 Å². The van der Waals surface area contributed by atoms with Gasteiger partial charge in [-0.1, -0.05) is 42.5 Å². The fourth-order valence-corrected chi connectivity index (χ4v) is 1.36. The second kappa shape index (κ2) is 4.20. The summed E-state index contributed by atoms with van der Waals surface area (Å²) in [5.74, 6) is 0.211. The fraction of sp³-hybridized carbons (Fsp3) is 0.250. The van der Waals surface area contributed by atoms with Crippen LogP contribution >= 0.6 is 0 Å². The molecule has 0 radical (unpaired) electrons. The predicted octanol–water partition coefficient (Wildman–Crippen LogP) is 2.06. The number of rotatable bonds is 3. The Balaban J connectivity index is 1.86. The molecular weight excluding hydrogens is 176 g/mol. The smallest absolute Gasteiger partial charge is 0.187 e. The van der Waals surface area contributed by atoms with Crippen molar-refractivity contribution in [2.24, 2.45) is 0 Å². The average Bonchev–Trinajstić information content (AvgIpc) is 2.24. The number of carbonyl (C=O) groups is 1. The first kappa shape index (κ1) is 9.16. The molecule has 14 heavy (non-hydrogen) atoms. The third kappa shape index (κ3) is 2.09. The third-order valence-corrected chi connectivity index (χ3v) is 2.25. The molecule has 2 heteroatoms. The molecule has 1 aromatic rings. The molecule has 1 atom stereocenters. The fourth-order valence-electron chi connectivity index (χ4n) is 1.36. The van der Waals surface area contributed by atoms with E-state index in [0.717, 1.165) is 5.56 Å². The molecule has 1 aromatic carbocycles. The van der Waals surface area contributed by atoms with Gasteiger partial charge in [-0.05, 0) is 12.0 Å². The van der Waals surface area contributed by atoms with Crippen LogP contribution in [0.25, 0.3) is 6.08 Å². The van der Waals surface area contributed by atoms with Crippen molar-refractivity contribution in [2.45, 2.75) is 12.5 Å². The lowest BCUT2D eigenvalue weighted by Gasteiger charge is -2.23. The van der Waals surface area contributed by atoms with Crippen molar-refractivity contribution < 1.29 is 9.53 Å². The molecule has 2 rings (SSSR count). The highest BCUT2D eigenvalue weighted by Crippen LogP contribution is 2.12. The van der Waals surface area contributed by atoms with Gasteiger partial charge in [0.15, 0.2) is 5.78 Å². The van der Waals surface area contributed by atoms with Crippen LogP contribution in [-0.4, -0.2) is 18.5 Å². The minimum atomic E-state index is -0.185. The van der Waals surface area contributed by atoms with Crippen molar-refractivity contribution in [1.82, 2.24) is 0 Å². The van der Waals surface area contributed by atoms with Crippen molar-refractivity contribution >= 4 is 11.9 Å². The molecule has 2 nitrogen and oxygen atoms in total. The van der Waals surface area contributed by atoms with Crippen LogP contribution in [0.2, 0.25) is 0 Å². The van der Waals surface area contributed by atoms with Crippen LogP contribution in [0.15, 0.2) is 36.4 Å². The van der Waals surface area contributed by atoms with Crippen LogP contribution in [0.1, 0.15) is 12.0 Å². The summed E-state index contributed by atoms with van der Waals surface area (Å²) in [4.78, 5) is 10.9. The van der Waals surface area contributed by atoms with Crippen LogP contribution in [0, 0.1) is 0 Å². The number of hydrogen-bond donors (Lipinski definition) is 0. The Labute approximate surface area is 83.2 Å². The summed E-state index contributed by atoms with van der Waals surface area (Å²) >= 11 is 0. The Bertz CT molecular complexity index is 341. The number of carbonyl (C=O) groups excluding carboxylic acids is 1. The molecule has 1 heterocycles. The van der Waals surface area contributed by atoms with Crippen LogP contribution < -0.4 is 0 Å². The maximum absolute atomic E-state index is 10.9. The second-order valence-electron chi connectivity index (χ2n) is 3.31. The first-order chi connectivity index (χ1) is 6.86. The number of ether oxygens (including phenoxy) is 1. The standard InChI is InChI=1S/C12H12O2/c13-11-9-14-12(11)8-4-7-10-5-2-1-3-6-10/h1-7,12H,8-9H2/b7-4+/t12-/m0/s1. The van der Waals surface area contributed by atoms with Crippen LogP contribution in [0.5, 0.6) is 0 Å². The van der Waals surface area contributed by atoms with Crippen molar-refractivity contribution in [1.29, 1.82) is 0 Å². The summed E-state index contributed by atoms with van der Waals surface area (Å²) < 4.78 is 5.08. The molecular formula is C12H12O2. The van der Waals surface area contributed by atoms with E-state index in [1.807, 2.05) is 42.5 Å². The lowest BCUT2D eigenvalue weighted by molar-refractivity contribution is -0.153.